The van der Waals surface area contributed by atoms with Crippen LogP contribution in [0.4, 0.5) is 5.82 Å². The first kappa shape index (κ1) is 24.1. The lowest BCUT2D eigenvalue weighted by molar-refractivity contribution is -0.155. The lowest BCUT2D eigenvalue weighted by atomic mass is 10.0. The van der Waals surface area contributed by atoms with E-state index in [0.29, 0.717) is 37.3 Å². The summed E-state index contributed by atoms with van der Waals surface area (Å²) in [4.78, 5) is 37.2. The highest BCUT2D eigenvalue weighted by Crippen LogP contribution is 2.21. The minimum atomic E-state index is -0.453. The molecule has 5 N–H and O–H groups in total. The molecule has 0 aliphatic carbocycles. The quantitative estimate of drug-likeness (QED) is 0.328. The molecule has 1 saturated heterocycles. The van der Waals surface area contributed by atoms with E-state index in [1.165, 1.54) is 6.33 Å². The molecule has 10 heteroatoms. The lowest BCUT2D eigenvalue weighted by Gasteiger charge is -2.38. The molecular weight excluding hydrogens is 446 g/mol. The second-order valence-electron chi connectivity index (χ2n) is 8.52. The maximum Gasteiger partial charge on any atom is 0.244 e. The Morgan fingerprint density at radius 1 is 1.17 bits per heavy atom. The van der Waals surface area contributed by atoms with Crippen LogP contribution in [0.5, 0.6) is 0 Å². The highest BCUT2D eigenvalue weighted by atomic mass is 16.5. The van der Waals surface area contributed by atoms with Crippen molar-refractivity contribution in [2.45, 2.75) is 25.5 Å². The van der Waals surface area contributed by atoms with Gasteiger partial charge in [-0.25, -0.2) is 9.97 Å². The zero-order chi connectivity index (χ0) is 24.9. The molecule has 0 spiro atoms. The van der Waals surface area contributed by atoms with E-state index in [4.69, 9.17) is 21.6 Å². The fraction of sp³-hybridized carbons (Fsp3) is 0.320. The first-order valence-electron chi connectivity index (χ1n) is 11.4. The fourth-order valence-electron chi connectivity index (χ4n) is 4.28. The number of hydrogen-bond acceptors (Lipinski definition) is 7. The van der Waals surface area contributed by atoms with Gasteiger partial charge in [0.05, 0.1) is 12.1 Å². The monoisotopic (exact) mass is 475 g/mol. The van der Waals surface area contributed by atoms with Crippen LogP contribution in [0.25, 0.3) is 10.9 Å². The second kappa shape index (κ2) is 10.5. The molecule has 1 aliphatic heterocycles. The third-order valence-corrected chi connectivity index (χ3v) is 6.24. The molecule has 0 bridgehead atoms. The van der Waals surface area contributed by atoms with Gasteiger partial charge in [-0.05, 0) is 35.7 Å². The normalized spacial score (nSPS) is 14.8. The fourth-order valence-corrected chi connectivity index (χ4v) is 4.28. The van der Waals surface area contributed by atoms with Gasteiger partial charge in [-0.1, -0.05) is 24.3 Å². The number of nitrogens with one attached hydrogen (secondary N) is 1. The van der Waals surface area contributed by atoms with Crippen molar-refractivity contribution in [1.82, 2.24) is 19.8 Å². The van der Waals surface area contributed by atoms with Gasteiger partial charge >= 0.3 is 0 Å². The molecule has 10 nitrogen and oxygen atoms in total. The molecule has 4 rings (SSSR count). The van der Waals surface area contributed by atoms with Crippen LogP contribution >= 0.6 is 0 Å². The Balaban J connectivity index is 1.35. The summed E-state index contributed by atoms with van der Waals surface area (Å²) in [6.45, 7) is 0.860. The van der Waals surface area contributed by atoms with Crippen molar-refractivity contribution in [2.24, 2.45) is 5.73 Å². The Labute approximate surface area is 203 Å². The number of nitrogens with zero attached hydrogens (tertiary/aromatic N) is 4. The number of amides is 2. The third-order valence-electron chi connectivity index (χ3n) is 6.24. The van der Waals surface area contributed by atoms with E-state index in [0.717, 1.165) is 22.0 Å². The molecule has 2 heterocycles. The minimum Gasteiger partial charge on any atom is -0.384 e. The number of aryl methyl sites for hydroxylation is 1. The predicted molar refractivity (Wildman–Crippen MR) is 133 cm³/mol. The van der Waals surface area contributed by atoms with Crippen molar-refractivity contribution >= 4 is 34.4 Å². The summed E-state index contributed by atoms with van der Waals surface area (Å²) in [6.07, 6.45) is 2.26. The summed E-state index contributed by atoms with van der Waals surface area (Å²) in [5.41, 5.74) is 14.7. The molecule has 0 unspecified atom stereocenters. The average molecular weight is 476 g/mol. The SMILES string of the molecule is CO[C@@H](Cc1ccc2c(N)ncnc2c1)N1CCN(C(=O)CCc2cccc(C(=N)N)c2)CC1=O. The van der Waals surface area contributed by atoms with Crippen molar-refractivity contribution in [3.05, 3.63) is 65.5 Å². The number of anilines is 1. The van der Waals surface area contributed by atoms with Crippen molar-refractivity contribution in [2.75, 3.05) is 32.5 Å². The predicted octanol–water partition coefficient (Wildman–Crippen LogP) is 1.31. The Bertz CT molecular complexity index is 1260. The van der Waals surface area contributed by atoms with Gasteiger partial charge in [0.15, 0.2) is 0 Å². The van der Waals surface area contributed by atoms with Crippen molar-refractivity contribution in [3.63, 3.8) is 0 Å². The number of ether oxygens (including phenoxy) is 1. The maximum atomic E-state index is 12.9. The molecule has 1 fully saturated rings. The van der Waals surface area contributed by atoms with Gasteiger partial charge in [0.2, 0.25) is 11.8 Å². The average Bonchev–Trinajstić information content (AvgIpc) is 2.86. The summed E-state index contributed by atoms with van der Waals surface area (Å²) in [7, 11) is 1.58. The van der Waals surface area contributed by atoms with Crippen LogP contribution in [-0.2, 0) is 27.2 Å². The molecule has 35 heavy (non-hydrogen) atoms. The number of benzene rings is 2. The molecule has 0 saturated carbocycles. The minimum absolute atomic E-state index is 0.00585. The van der Waals surface area contributed by atoms with E-state index in [2.05, 4.69) is 9.97 Å². The molecule has 3 aromatic rings. The Morgan fingerprint density at radius 3 is 2.74 bits per heavy atom. The van der Waals surface area contributed by atoms with Gasteiger partial charge in [-0.3, -0.25) is 15.0 Å². The van der Waals surface area contributed by atoms with Crippen molar-refractivity contribution in [1.29, 1.82) is 5.41 Å². The van der Waals surface area contributed by atoms with Crippen LogP contribution in [0, 0.1) is 5.41 Å². The maximum absolute atomic E-state index is 12.9. The molecule has 2 amide bonds. The summed E-state index contributed by atoms with van der Waals surface area (Å²) < 4.78 is 5.65. The first-order chi connectivity index (χ1) is 16.9. The Kier molecular flexibility index (Phi) is 7.21. The number of hydrogen-bond donors (Lipinski definition) is 3. The third kappa shape index (κ3) is 5.55. The first-order valence-corrected chi connectivity index (χ1v) is 11.4. The number of fused-ring (bicyclic) bond motifs is 1. The summed E-state index contributed by atoms with van der Waals surface area (Å²) >= 11 is 0. The van der Waals surface area contributed by atoms with Gasteiger partial charge in [-0.15, -0.1) is 0 Å². The number of amidine groups is 1. The van der Waals surface area contributed by atoms with Crippen LogP contribution in [0.3, 0.4) is 0 Å². The molecule has 0 radical (unpaired) electrons. The summed E-state index contributed by atoms with van der Waals surface area (Å²) in [5, 5.41) is 8.33. The largest absolute Gasteiger partial charge is 0.384 e. The second-order valence-corrected chi connectivity index (χ2v) is 8.52. The number of rotatable bonds is 8. The molecule has 182 valence electrons. The van der Waals surface area contributed by atoms with Crippen LogP contribution in [0.1, 0.15) is 23.1 Å². The number of carbonyl (C=O) groups is 2. The Morgan fingerprint density at radius 2 is 2.00 bits per heavy atom. The van der Waals surface area contributed by atoms with Crippen LogP contribution < -0.4 is 11.5 Å². The van der Waals surface area contributed by atoms with E-state index in [1.807, 2.05) is 36.4 Å². The number of nitrogens with two attached hydrogens (primary N) is 2. The van der Waals surface area contributed by atoms with E-state index >= 15 is 0 Å². The molecular formula is C25H29N7O3. The van der Waals surface area contributed by atoms with Gasteiger partial charge in [0, 0.05) is 44.0 Å². The zero-order valence-corrected chi connectivity index (χ0v) is 19.6. The number of methoxy groups -OCH3 is 1. The number of nitrogen functional groups attached to an aromatic ring is 2. The van der Waals surface area contributed by atoms with Crippen LogP contribution in [-0.4, -0.2) is 70.4 Å². The zero-order valence-electron chi connectivity index (χ0n) is 19.6. The number of piperazine rings is 1. The topological polar surface area (TPSA) is 152 Å². The highest BCUT2D eigenvalue weighted by Gasteiger charge is 2.31. The van der Waals surface area contributed by atoms with Crippen molar-refractivity contribution < 1.29 is 14.3 Å². The smallest absolute Gasteiger partial charge is 0.244 e. The number of aromatic nitrogens is 2. The lowest BCUT2D eigenvalue weighted by Crippen LogP contribution is -2.56. The molecule has 1 aromatic heterocycles. The number of carbonyl (C=O) groups excluding carboxylic acids is 2. The van der Waals surface area contributed by atoms with E-state index in [-0.39, 0.29) is 30.6 Å². The Hall–Kier alpha value is -4.05. The summed E-state index contributed by atoms with van der Waals surface area (Å²) in [6, 6.07) is 13.0. The molecule has 1 aliphatic rings. The molecule has 2 aromatic carbocycles. The van der Waals surface area contributed by atoms with Crippen molar-refractivity contribution in [3.8, 4) is 0 Å². The van der Waals surface area contributed by atoms with Crippen LogP contribution in [0.15, 0.2) is 48.8 Å². The van der Waals surface area contributed by atoms with Gasteiger partial charge in [-0.2, -0.15) is 0 Å². The molecule has 1 atom stereocenters. The highest BCUT2D eigenvalue weighted by molar-refractivity contribution is 5.95. The van der Waals surface area contributed by atoms with Gasteiger partial charge in [0.25, 0.3) is 0 Å². The van der Waals surface area contributed by atoms with E-state index < -0.39 is 6.23 Å². The van der Waals surface area contributed by atoms with Gasteiger partial charge in [0.1, 0.15) is 24.2 Å². The van der Waals surface area contributed by atoms with Crippen LogP contribution in [0.2, 0.25) is 0 Å². The van der Waals surface area contributed by atoms with Gasteiger partial charge < -0.3 is 26.0 Å². The standard InChI is InChI=1S/C25H29N7O3/c1-35-23(13-17-5-7-19-20(12-17)29-15-30-25(19)28)32-10-9-31(14-22(32)34)21(33)8-6-16-3-2-4-18(11-16)24(26)27/h2-5,7,11-12,15,23H,6,8-10,13-14H2,1H3,(H3,26,27)(H2,28,29,30)/t23-/m0/s1. The van der Waals surface area contributed by atoms with E-state index in [1.54, 1.807) is 23.0 Å². The van der Waals surface area contributed by atoms with E-state index in [9.17, 15) is 9.59 Å². The summed E-state index contributed by atoms with van der Waals surface area (Å²) in [5.74, 6) is 0.190.